The number of pyridine rings is 1. The highest BCUT2D eigenvalue weighted by molar-refractivity contribution is 5.80. The van der Waals surface area contributed by atoms with Gasteiger partial charge >= 0.3 is 5.97 Å². The lowest BCUT2D eigenvalue weighted by molar-refractivity contribution is -0.145. The number of carbonyl (C=O) groups is 2. The summed E-state index contributed by atoms with van der Waals surface area (Å²) in [5.74, 6) is -0.987. The third kappa shape index (κ3) is 4.91. The first kappa shape index (κ1) is 19.0. The molecule has 1 saturated heterocycles. The summed E-state index contributed by atoms with van der Waals surface area (Å²) in [6.45, 7) is 4.76. The van der Waals surface area contributed by atoms with E-state index in [1.54, 1.807) is 18.6 Å². The summed E-state index contributed by atoms with van der Waals surface area (Å²) in [4.78, 5) is 34.6. The van der Waals surface area contributed by atoms with E-state index in [0.717, 1.165) is 17.9 Å². The molecule has 1 amide bonds. The fraction of sp³-hybridized carbons (Fsp3) is 0.474. The smallest absolute Gasteiger partial charge is 0.307 e. The van der Waals surface area contributed by atoms with E-state index >= 15 is 0 Å². The van der Waals surface area contributed by atoms with Crippen molar-refractivity contribution in [3.63, 3.8) is 0 Å². The molecule has 0 radical (unpaired) electrons. The molecule has 2 N–H and O–H groups in total. The Morgan fingerprint density at radius 3 is 2.67 bits per heavy atom. The fourth-order valence-electron chi connectivity index (χ4n) is 3.50. The van der Waals surface area contributed by atoms with E-state index in [1.165, 1.54) is 0 Å². The van der Waals surface area contributed by atoms with Crippen molar-refractivity contribution in [2.45, 2.75) is 33.0 Å². The SMILES string of the molecule is CCn1ccnc1CN1C[C@@H](C(=O)O)C[C@H](C(=O)NCc2ccncc2)C1. The van der Waals surface area contributed by atoms with E-state index in [-0.39, 0.29) is 11.8 Å². The molecule has 0 spiro atoms. The van der Waals surface area contributed by atoms with Crippen LogP contribution in [-0.4, -0.2) is 49.5 Å². The fourth-order valence-corrected chi connectivity index (χ4v) is 3.50. The summed E-state index contributed by atoms with van der Waals surface area (Å²) in [6.07, 6.45) is 7.37. The van der Waals surface area contributed by atoms with Gasteiger partial charge in [-0.25, -0.2) is 4.98 Å². The predicted octanol–water partition coefficient (Wildman–Crippen LogP) is 1.14. The Labute approximate surface area is 158 Å². The Hall–Kier alpha value is -2.74. The first-order chi connectivity index (χ1) is 13.1. The van der Waals surface area contributed by atoms with Gasteiger partial charge in [0.1, 0.15) is 5.82 Å². The van der Waals surface area contributed by atoms with Crippen molar-refractivity contribution >= 4 is 11.9 Å². The highest BCUT2D eigenvalue weighted by atomic mass is 16.4. The van der Waals surface area contributed by atoms with Crippen LogP contribution in [0.25, 0.3) is 0 Å². The second-order valence-corrected chi connectivity index (χ2v) is 6.86. The number of amides is 1. The van der Waals surface area contributed by atoms with Crippen LogP contribution >= 0.6 is 0 Å². The minimum absolute atomic E-state index is 0.110. The molecule has 8 nitrogen and oxygen atoms in total. The quantitative estimate of drug-likeness (QED) is 0.757. The third-order valence-corrected chi connectivity index (χ3v) is 4.97. The molecule has 0 unspecified atom stereocenters. The van der Waals surface area contributed by atoms with Crippen molar-refractivity contribution in [1.29, 1.82) is 0 Å². The van der Waals surface area contributed by atoms with E-state index in [9.17, 15) is 14.7 Å². The van der Waals surface area contributed by atoms with Gasteiger partial charge in [-0.05, 0) is 31.0 Å². The lowest BCUT2D eigenvalue weighted by Gasteiger charge is -2.35. The van der Waals surface area contributed by atoms with Gasteiger partial charge in [-0.2, -0.15) is 0 Å². The number of piperidine rings is 1. The highest BCUT2D eigenvalue weighted by Crippen LogP contribution is 2.24. The number of aromatic nitrogens is 3. The predicted molar refractivity (Wildman–Crippen MR) is 98.5 cm³/mol. The molecule has 2 aromatic rings. The lowest BCUT2D eigenvalue weighted by atomic mass is 9.88. The van der Waals surface area contributed by atoms with Crippen molar-refractivity contribution in [2.24, 2.45) is 11.8 Å². The number of rotatable bonds is 7. The Morgan fingerprint density at radius 2 is 1.96 bits per heavy atom. The zero-order valence-corrected chi connectivity index (χ0v) is 15.4. The second kappa shape index (κ2) is 8.77. The highest BCUT2D eigenvalue weighted by Gasteiger charge is 2.35. The molecule has 144 valence electrons. The van der Waals surface area contributed by atoms with Gasteiger partial charge in [0.15, 0.2) is 0 Å². The summed E-state index contributed by atoms with van der Waals surface area (Å²) in [5, 5.41) is 12.4. The van der Waals surface area contributed by atoms with Crippen LogP contribution in [0.15, 0.2) is 36.9 Å². The number of imidazole rings is 1. The average Bonchev–Trinajstić information content (AvgIpc) is 3.13. The van der Waals surface area contributed by atoms with Crippen molar-refractivity contribution in [3.05, 3.63) is 48.3 Å². The standard InChI is InChI=1S/C19H25N5O3/c1-2-24-8-7-21-17(24)13-23-11-15(9-16(12-23)19(26)27)18(25)22-10-14-3-5-20-6-4-14/h3-8,15-16H,2,9-13H2,1H3,(H,22,25)(H,26,27)/t15-,16-/m0/s1. The molecule has 3 heterocycles. The third-order valence-electron chi connectivity index (χ3n) is 4.97. The number of hydrogen-bond donors (Lipinski definition) is 2. The maximum atomic E-state index is 12.6. The number of carbonyl (C=O) groups excluding carboxylic acids is 1. The topological polar surface area (TPSA) is 100 Å². The first-order valence-electron chi connectivity index (χ1n) is 9.18. The molecule has 1 fully saturated rings. The number of aliphatic carboxylic acids is 1. The maximum Gasteiger partial charge on any atom is 0.307 e. The Morgan fingerprint density at radius 1 is 1.22 bits per heavy atom. The van der Waals surface area contributed by atoms with Gasteiger partial charge in [0.05, 0.1) is 18.4 Å². The van der Waals surface area contributed by atoms with Crippen LogP contribution in [0, 0.1) is 11.8 Å². The summed E-state index contributed by atoms with van der Waals surface area (Å²) in [7, 11) is 0. The van der Waals surface area contributed by atoms with Gasteiger partial charge in [0, 0.05) is 51.0 Å². The number of carboxylic acid groups (broad SMARTS) is 1. The monoisotopic (exact) mass is 371 g/mol. The van der Waals surface area contributed by atoms with Crippen LogP contribution in [0.1, 0.15) is 24.7 Å². The maximum absolute atomic E-state index is 12.6. The Bertz CT molecular complexity index is 777. The van der Waals surface area contributed by atoms with E-state index in [1.807, 2.05) is 34.7 Å². The van der Waals surface area contributed by atoms with E-state index in [2.05, 4.69) is 15.3 Å². The minimum Gasteiger partial charge on any atom is -0.481 e. The molecule has 8 heteroatoms. The zero-order valence-electron chi connectivity index (χ0n) is 15.4. The molecule has 0 aromatic carbocycles. The molecule has 27 heavy (non-hydrogen) atoms. The summed E-state index contributed by atoms with van der Waals surface area (Å²) in [6, 6.07) is 3.69. The van der Waals surface area contributed by atoms with Crippen LogP contribution in [0.5, 0.6) is 0 Å². The number of nitrogens with one attached hydrogen (secondary N) is 1. The van der Waals surface area contributed by atoms with Crippen molar-refractivity contribution in [3.8, 4) is 0 Å². The second-order valence-electron chi connectivity index (χ2n) is 6.86. The molecule has 3 rings (SSSR count). The van der Waals surface area contributed by atoms with E-state index in [0.29, 0.717) is 32.6 Å². The van der Waals surface area contributed by atoms with Crippen molar-refractivity contribution in [1.82, 2.24) is 24.8 Å². The van der Waals surface area contributed by atoms with E-state index in [4.69, 9.17) is 0 Å². The molecule has 1 aliphatic rings. The number of aryl methyl sites for hydroxylation is 1. The molecule has 2 aromatic heterocycles. The minimum atomic E-state index is -0.856. The number of hydrogen-bond acceptors (Lipinski definition) is 5. The molecule has 0 saturated carbocycles. The molecular formula is C19H25N5O3. The summed E-state index contributed by atoms with van der Waals surface area (Å²) >= 11 is 0. The first-order valence-corrected chi connectivity index (χ1v) is 9.18. The van der Waals surface area contributed by atoms with Crippen LogP contribution in [0.3, 0.4) is 0 Å². The largest absolute Gasteiger partial charge is 0.481 e. The van der Waals surface area contributed by atoms with Gasteiger partial charge in [-0.3, -0.25) is 19.5 Å². The molecular weight excluding hydrogens is 346 g/mol. The molecule has 2 atom stereocenters. The summed E-state index contributed by atoms with van der Waals surface area (Å²) < 4.78 is 2.03. The van der Waals surface area contributed by atoms with Gasteiger partial charge in [-0.15, -0.1) is 0 Å². The zero-order chi connectivity index (χ0) is 19.2. The van der Waals surface area contributed by atoms with Crippen LogP contribution in [-0.2, 0) is 29.2 Å². The van der Waals surface area contributed by atoms with Gasteiger partial charge < -0.3 is 15.0 Å². The molecule has 0 aliphatic carbocycles. The number of nitrogens with zero attached hydrogens (tertiary/aromatic N) is 4. The van der Waals surface area contributed by atoms with Gasteiger partial charge in [-0.1, -0.05) is 0 Å². The van der Waals surface area contributed by atoms with Crippen molar-refractivity contribution in [2.75, 3.05) is 13.1 Å². The van der Waals surface area contributed by atoms with Crippen LogP contribution < -0.4 is 5.32 Å². The van der Waals surface area contributed by atoms with Crippen LogP contribution in [0.2, 0.25) is 0 Å². The Kier molecular flexibility index (Phi) is 6.18. The molecule has 1 aliphatic heterocycles. The molecule has 0 bridgehead atoms. The Balaban J connectivity index is 1.64. The normalized spacial score (nSPS) is 20.3. The average molecular weight is 371 g/mol. The number of carboxylic acids is 1. The van der Waals surface area contributed by atoms with E-state index < -0.39 is 11.9 Å². The van der Waals surface area contributed by atoms with Crippen LogP contribution in [0.4, 0.5) is 0 Å². The number of likely N-dealkylation sites (tertiary alicyclic amines) is 1. The van der Waals surface area contributed by atoms with Gasteiger partial charge in [0.2, 0.25) is 5.91 Å². The lowest BCUT2D eigenvalue weighted by Crippen LogP contribution is -2.48. The summed E-state index contributed by atoms with van der Waals surface area (Å²) in [5.41, 5.74) is 0.964. The van der Waals surface area contributed by atoms with Gasteiger partial charge in [0.25, 0.3) is 0 Å². The van der Waals surface area contributed by atoms with Crippen molar-refractivity contribution < 1.29 is 14.7 Å².